The van der Waals surface area contributed by atoms with Crippen molar-refractivity contribution in [2.75, 3.05) is 23.8 Å². The second-order valence-corrected chi connectivity index (χ2v) is 10.3. The lowest BCUT2D eigenvalue weighted by atomic mass is 9.94. The van der Waals surface area contributed by atoms with E-state index in [-0.39, 0.29) is 5.54 Å². The van der Waals surface area contributed by atoms with Crippen LogP contribution >= 0.6 is 0 Å². The van der Waals surface area contributed by atoms with Crippen LogP contribution in [0.1, 0.15) is 76.6 Å². The van der Waals surface area contributed by atoms with E-state index in [1.54, 1.807) is 0 Å². The number of nitrogens with zero attached hydrogens (tertiary/aromatic N) is 4. The van der Waals surface area contributed by atoms with Gasteiger partial charge in [0.1, 0.15) is 11.5 Å². The highest BCUT2D eigenvalue weighted by Gasteiger charge is 2.37. The van der Waals surface area contributed by atoms with E-state index in [0.29, 0.717) is 5.92 Å². The third kappa shape index (κ3) is 4.42. The topological polar surface area (TPSA) is 36.3 Å². The monoisotopic (exact) mass is 447 g/mol. The van der Waals surface area contributed by atoms with Gasteiger partial charge in [-0.15, -0.1) is 0 Å². The molecule has 178 valence electrons. The Morgan fingerprint density at radius 2 is 1.70 bits per heavy atom. The highest BCUT2D eigenvalue weighted by atomic mass is 15.4. The molecule has 5 nitrogen and oxygen atoms in total. The van der Waals surface area contributed by atoms with Crippen LogP contribution in [0.15, 0.2) is 43.2 Å². The van der Waals surface area contributed by atoms with Gasteiger partial charge in [-0.2, -0.15) is 4.98 Å². The number of aromatic nitrogens is 2. The Morgan fingerprint density at radius 3 is 2.27 bits per heavy atom. The minimum Gasteiger partial charge on any atom is -0.350 e. The number of hydrogen-bond acceptors (Lipinski definition) is 4. The lowest BCUT2D eigenvalue weighted by Crippen LogP contribution is -2.39. The first kappa shape index (κ1) is 23.5. The summed E-state index contributed by atoms with van der Waals surface area (Å²) in [6, 6.07) is 8.98. The fourth-order valence-corrected chi connectivity index (χ4v) is 5.26. The van der Waals surface area contributed by atoms with Crippen molar-refractivity contribution >= 4 is 17.5 Å². The zero-order valence-electron chi connectivity index (χ0n) is 21.2. The number of benzene rings is 1. The number of anilines is 2. The van der Waals surface area contributed by atoms with Crippen molar-refractivity contribution in [1.29, 1.82) is 0 Å². The zero-order chi connectivity index (χ0) is 23.8. The molecule has 33 heavy (non-hydrogen) atoms. The number of fused-ring (bicyclic) bond motifs is 1. The third-order valence-corrected chi connectivity index (χ3v) is 7.52. The van der Waals surface area contributed by atoms with Gasteiger partial charge in [0.05, 0.1) is 12.2 Å². The van der Waals surface area contributed by atoms with Crippen LogP contribution in [-0.2, 0) is 13.0 Å². The number of hydrogen-bond donors (Lipinski definition) is 1. The molecular formula is C28H41N5. The van der Waals surface area contributed by atoms with Crippen LogP contribution in [0, 0.1) is 5.92 Å². The molecule has 1 aromatic heterocycles. The van der Waals surface area contributed by atoms with Crippen molar-refractivity contribution in [3.63, 3.8) is 0 Å². The maximum absolute atomic E-state index is 5.24. The van der Waals surface area contributed by atoms with E-state index in [9.17, 15) is 0 Å². The van der Waals surface area contributed by atoms with Gasteiger partial charge in [0.25, 0.3) is 0 Å². The predicted molar refractivity (Wildman–Crippen MR) is 140 cm³/mol. The lowest BCUT2D eigenvalue weighted by molar-refractivity contribution is 0.458. The molecular weight excluding hydrogens is 406 g/mol. The van der Waals surface area contributed by atoms with Crippen molar-refractivity contribution in [1.82, 2.24) is 14.5 Å². The number of aryl methyl sites for hydroxylation is 1. The number of nitrogens with one attached hydrogen (secondary N) is 1. The highest BCUT2D eigenvalue weighted by Crippen LogP contribution is 2.42. The zero-order valence-corrected chi connectivity index (χ0v) is 21.2. The Morgan fingerprint density at radius 1 is 1.06 bits per heavy atom. The van der Waals surface area contributed by atoms with Crippen LogP contribution in [0.5, 0.6) is 0 Å². The van der Waals surface area contributed by atoms with Crippen LogP contribution in [-0.4, -0.2) is 33.6 Å². The summed E-state index contributed by atoms with van der Waals surface area (Å²) in [5.74, 6) is 3.38. The first-order valence-corrected chi connectivity index (χ1v) is 12.6. The van der Waals surface area contributed by atoms with E-state index in [0.717, 1.165) is 54.9 Å². The summed E-state index contributed by atoms with van der Waals surface area (Å²) in [5, 5.41) is 3.93. The summed E-state index contributed by atoms with van der Waals surface area (Å²) in [4.78, 5) is 9.61. The first-order valence-electron chi connectivity index (χ1n) is 12.6. The molecule has 0 atom stereocenters. The molecule has 0 saturated heterocycles. The van der Waals surface area contributed by atoms with Crippen molar-refractivity contribution < 1.29 is 0 Å². The Balaban J connectivity index is 1.82. The van der Waals surface area contributed by atoms with E-state index in [1.165, 1.54) is 36.8 Å². The maximum atomic E-state index is 5.24. The molecule has 2 heterocycles. The molecule has 2 aromatic rings. The predicted octanol–water partition coefficient (Wildman–Crippen LogP) is 6.48. The molecule has 4 rings (SSSR count). The van der Waals surface area contributed by atoms with Crippen LogP contribution in [0.4, 0.5) is 11.8 Å². The second kappa shape index (κ2) is 9.28. The van der Waals surface area contributed by atoms with Gasteiger partial charge in [0.2, 0.25) is 5.95 Å². The van der Waals surface area contributed by atoms with Crippen molar-refractivity contribution in [2.24, 2.45) is 5.92 Å². The average Bonchev–Trinajstić information content (AvgIpc) is 3.41. The summed E-state index contributed by atoms with van der Waals surface area (Å²) in [6.07, 6.45) is 7.14. The summed E-state index contributed by atoms with van der Waals surface area (Å²) in [6.45, 7) is 19.5. The van der Waals surface area contributed by atoms with Crippen molar-refractivity contribution in [3.8, 4) is 0 Å². The minimum atomic E-state index is 0.130. The maximum Gasteiger partial charge on any atom is 0.206 e. The summed E-state index contributed by atoms with van der Waals surface area (Å²) < 4.78 is 2.35. The van der Waals surface area contributed by atoms with Gasteiger partial charge >= 0.3 is 0 Å². The first-order chi connectivity index (χ1) is 15.8. The summed E-state index contributed by atoms with van der Waals surface area (Å²) in [7, 11) is 2.06. The minimum absolute atomic E-state index is 0.130. The lowest BCUT2D eigenvalue weighted by Gasteiger charge is -2.39. The molecule has 0 radical (unpaired) electrons. The smallest absolute Gasteiger partial charge is 0.206 e. The summed E-state index contributed by atoms with van der Waals surface area (Å²) >= 11 is 0. The number of imidazole rings is 1. The van der Waals surface area contributed by atoms with Crippen molar-refractivity contribution in [2.45, 2.75) is 78.3 Å². The molecule has 1 N–H and O–H groups in total. The van der Waals surface area contributed by atoms with E-state index >= 15 is 0 Å². The second-order valence-electron chi connectivity index (χ2n) is 10.3. The highest BCUT2D eigenvalue weighted by molar-refractivity contribution is 5.78. The molecule has 0 bridgehead atoms. The largest absolute Gasteiger partial charge is 0.350 e. The number of rotatable bonds is 8. The Bertz CT molecular complexity index is 1010. The molecule has 2 aliphatic rings. The normalized spacial score (nSPS) is 17.8. The van der Waals surface area contributed by atoms with Gasteiger partial charge in [-0.1, -0.05) is 78.0 Å². The Labute approximate surface area is 200 Å². The quantitative estimate of drug-likeness (QED) is 0.502. The van der Waals surface area contributed by atoms with Crippen LogP contribution in [0.25, 0.3) is 5.70 Å². The molecule has 1 aromatic carbocycles. The fraction of sp³-hybridized carbons (Fsp3) is 0.536. The van der Waals surface area contributed by atoms with Crippen LogP contribution in [0.3, 0.4) is 0 Å². The average molecular weight is 448 g/mol. The molecule has 1 aliphatic heterocycles. The third-order valence-electron chi connectivity index (χ3n) is 7.52. The van der Waals surface area contributed by atoms with E-state index in [1.807, 2.05) is 0 Å². The van der Waals surface area contributed by atoms with E-state index in [4.69, 9.17) is 4.98 Å². The Hall–Kier alpha value is -2.69. The van der Waals surface area contributed by atoms with Gasteiger partial charge in [-0.25, -0.2) is 0 Å². The van der Waals surface area contributed by atoms with Gasteiger partial charge in [-0.05, 0) is 42.7 Å². The molecule has 1 fully saturated rings. The molecule has 1 aliphatic carbocycles. The molecule has 0 amide bonds. The molecule has 0 spiro atoms. The van der Waals surface area contributed by atoms with Crippen LogP contribution in [0.2, 0.25) is 0 Å². The van der Waals surface area contributed by atoms with Gasteiger partial charge in [0, 0.05) is 19.1 Å². The van der Waals surface area contributed by atoms with Gasteiger partial charge in [-0.3, -0.25) is 0 Å². The van der Waals surface area contributed by atoms with E-state index in [2.05, 4.69) is 91.8 Å². The standard InChI is InChI=1S/C28H41N5/c1-8-23-12-14-24(15-13-23)19-33-25-21(5)31(7)22(6)32(18-20(3)4)26(25)29-27(33)30-28(9-2)16-10-11-17-28/h12-15,20H,5-6,8-11,16-19H2,1-4,7H3,(H,29,30). The Kier molecular flexibility index (Phi) is 6.60. The van der Waals surface area contributed by atoms with Gasteiger partial charge < -0.3 is 19.7 Å². The van der Waals surface area contributed by atoms with Crippen LogP contribution < -0.4 is 10.2 Å². The SMILES string of the molecule is C=C1c2c(nc(NC3(CC)CCCC3)n2Cc2ccc(CC)cc2)N(CC(C)C)C(=C)N1C. The fourth-order valence-electron chi connectivity index (χ4n) is 5.26. The molecule has 1 saturated carbocycles. The molecule has 5 heteroatoms. The summed E-state index contributed by atoms with van der Waals surface area (Å²) in [5.41, 5.74) is 4.83. The van der Waals surface area contributed by atoms with E-state index < -0.39 is 0 Å². The van der Waals surface area contributed by atoms with Gasteiger partial charge in [0.15, 0.2) is 5.82 Å². The molecule has 0 unspecified atom stereocenters. The van der Waals surface area contributed by atoms with Crippen molar-refractivity contribution in [3.05, 3.63) is 60.1 Å².